The predicted octanol–water partition coefficient (Wildman–Crippen LogP) is 3.48. The van der Waals surface area contributed by atoms with Crippen LogP contribution in [-0.2, 0) is 6.42 Å². The maximum Gasteiger partial charge on any atom is 0.259 e. The molecule has 1 aliphatic rings. The standard InChI is InChI=1S/C19H24N2O3/c1-3-18-17(11-20-24-18)19(22)21-9-5-7-15(12-21)13-23-16-8-4-6-14(2)10-16/h4,6,8,10-11,15H,3,5,7,9,12-13H2,1-2H3. The lowest BCUT2D eigenvalue weighted by molar-refractivity contribution is 0.0631. The first-order chi connectivity index (χ1) is 11.7. The summed E-state index contributed by atoms with van der Waals surface area (Å²) in [6, 6.07) is 8.07. The van der Waals surface area contributed by atoms with Crippen molar-refractivity contribution in [2.75, 3.05) is 19.7 Å². The molecule has 0 radical (unpaired) electrons. The number of amides is 1. The van der Waals surface area contributed by atoms with E-state index in [1.807, 2.05) is 30.0 Å². The van der Waals surface area contributed by atoms with Gasteiger partial charge < -0.3 is 14.2 Å². The first-order valence-corrected chi connectivity index (χ1v) is 8.59. The Morgan fingerprint density at radius 3 is 3.12 bits per heavy atom. The Balaban J connectivity index is 1.59. The first-order valence-electron chi connectivity index (χ1n) is 8.59. The third-order valence-electron chi connectivity index (χ3n) is 4.48. The van der Waals surface area contributed by atoms with Crippen molar-refractivity contribution in [1.29, 1.82) is 0 Å². The van der Waals surface area contributed by atoms with Crippen molar-refractivity contribution in [3.8, 4) is 5.75 Å². The molecular formula is C19H24N2O3. The molecular weight excluding hydrogens is 304 g/mol. The highest BCUT2D eigenvalue weighted by Crippen LogP contribution is 2.22. The molecule has 0 saturated carbocycles. The molecule has 24 heavy (non-hydrogen) atoms. The monoisotopic (exact) mass is 328 g/mol. The molecule has 1 amide bonds. The zero-order chi connectivity index (χ0) is 16.9. The molecule has 1 unspecified atom stereocenters. The van der Waals surface area contributed by atoms with E-state index in [1.165, 1.54) is 11.8 Å². The predicted molar refractivity (Wildman–Crippen MR) is 91.2 cm³/mol. The second-order valence-corrected chi connectivity index (χ2v) is 6.40. The highest BCUT2D eigenvalue weighted by Gasteiger charge is 2.27. The number of carbonyl (C=O) groups is 1. The van der Waals surface area contributed by atoms with Crippen LogP contribution in [0, 0.1) is 12.8 Å². The van der Waals surface area contributed by atoms with E-state index in [0.29, 0.717) is 30.3 Å². The van der Waals surface area contributed by atoms with Crippen LogP contribution in [0.15, 0.2) is 35.0 Å². The summed E-state index contributed by atoms with van der Waals surface area (Å²) in [5.74, 6) is 1.94. The van der Waals surface area contributed by atoms with E-state index < -0.39 is 0 Å². The number of hydrogen-bond donors (Lipinski definition) is 0. The normalized spacial score (nSPS) is 17.8. The molecule has 0 bridgehead atoms. The molecule has 3 rings (SSSR count). The minimum Gasteiger partial charge on any atom is -0.493 e. The Morgan fingerprint density at radius 1 is 1.46 bits per heavy atom. The molecule has 2 aromatic rings. The maximum absolute atomic E-state index is 12.7. The van der Waals surface area contributed by atoms with Gasteiger partial charge in [0.15, 0.2) is 0 Å². The Kier molecular flexibility index (Phi) is 5.18. The van der Waals surface area contributed by atoms with Crippen LogP contribution in [0.4, 0.5) is 0 Å². The fourth-order valence-corrected chi connectivity index (χ4v) is 3.17. The van der Waals surface area contributed by atoms with E-state index in [4.69, 9.17) is 9.26 Å². The highest BCUT2D eigenvalue weighted by molar-refractivity contribution is 5.94. The zero-order valence-corrected chi connectivity index (χ0v) is 14.3. The van der Waals surface area contributed by atoms with Crippen LogP contribution < -0.4 is 4.74 Å². The van der Waals surface area contributed by atoms with Gasteiger partial charge in [-0.25, -0.2) is 0 Å². The largest absolute Gasteiger partial charge is 0.493 e. The number of likely N-dealkylation sites (tertiary alicyclic amines) is 1. The summed E-state index contributed by atoms with van der Waals surface area (Å²) in [5.41, 5.74) is 1.78. The quantitative estimate of drug-likeness (QED) is 0.843. The molecule has 1 atom stereocenters. The van der Waals surface area contributed by atoms with Gasteiger partial charge in [-0.1, -0.05) is 24.2 Å². The smallest absolute Gasteiger partial charge is 0.259 e. The van der Waals surface area contributed by atoms with Gasteiger partial charge in [-0.2, -0.15) is 0 Å². The lowest BCUT2D eigenvalue weighted by Gasteiger charge is -2.32. The fourth-order valence-electron chi connectivity index (χ4n) is 3.17. The van der Waals surface area contributed by atoms with Gasteiger partial charge in [0.1, 0.15) is 17.1 Å². The molecule has 5 heteroatoms. The van der Waals surface area contributed by atoms with Crippen LogP contribution >= 0.6 is 0 Å². The molecule has 128 valence electrons. The second-order valence-electron chi connectivity index (χ2n) is 6.40. The molecule has 0 N–H and O–H groups in total. The lowest BCUT2D eigenvalue weighted by Crippen LogP contribution is -2.41. The van der Waals surface area contributed by atoms with E-state index in [2.05, 4.69) is 18.1 Å². The van der Waals surface area contributed by atoms with Crippen molar-refractivity contribution in [3.05, 3.63) is 47.3 Å². The van der Waals surface area contributed by atoms with Gasteiger partial charge >= 0.3 is 0 Å². The van der Waals surface area contributed by atoms with Crippen molar-refractivity contribution < 1.29 is 14.1 Å². The molecule has 1 fully saturated rings. The highest BCUT2D eigenvalue weighted by atomic mass is 16.5. The van der Waals surface area contributed by atoms with Gasteiger partial charge in [-0.05, 0) is 37.5 Å². The summed E-state index contributed by atoms with van der Waals surface area (Å²) in [6.45, 7) is 6.16. The third kappa shape index (κ3) is 3.78. The van der Waals surface area contributed by atoms with Gasteiger partial charge in [-0.3, -0.25) is 4.79 Å². The molecule has 0 aliphatic carbocycles. The number of aryl methyl sites for hydroxylation is 2. The summed E-state index contributed by atoms with van der Waals surface area (Å²) in [4.78, 5) is 14.6. The van der Waals surface area contributed by atoms with E-state index in [1.54, 1.807) is 0 Å². The number of benzene rings is 1. The fraction of sp³-hybridized carbons (Fsp3) is 0.474. The Morgan fingerprint density at radius 2 is 2.33 bits per heavy atom. The third-order valence-corrected chi connectivity index (χ3v) is 4.48. The van der Waals surface area contributed by atoms with Crippen molar-refractivity contribution in [3.63, 3.8) is 0 Å². The van der Waals surface area contributed by atoms with Gasteiger partial charge in [0.2, 0.25) is 0 Å². The number of hydrogen-bond acceptors (Lipinski definition) is 4. The van der Waals surface area contributed by atoms with E-state index in [9.17, 15) is 4.79 Å². The number of ether oxygens (including phenoxy) is 1. The minimum absolute atomic E-state index is 0.0216. The molecule has 2 heterocycles. The van der Waals surface area contributed by atoms with Crippen molar-refractivity contribution >= 4 is 5.91 Å². The minimum atomic E-state index is 0.0216. The van der Waals surface area contributed by atoms with Crippen molar-refractivity contribution in [2.24, 2.45) is 5.92 Å². The van der Waals surface area contributed by atoms with Gasteiger partial charge in [0.25, 0.3) is 5.91 Å². The first kappa shape index (κ1) is 16.6. The van der Waals surface area contributed by atoms with Crippen LogP contribution in [0.2, 0.25) is 0 Å². The van der Waals surface area contributed by atoms with Gasteiger partial charge in [0, 0.05) is 25.4 Å². The topological polar surface area (TPSA) is 55.6 Å². The van der Waals surface area contributed by atoms with Crippen LogP contribution in [-0.4, -0.2) is 35.7 Å². The SMILES string of the molecule is CCc1oncc1C(=O)N1CCCC(COc2cccc(C)c2)C1. The number of carbonyl (C=O) groups excluding carboxylic acids is 1. The molecule has 5 nitrogen and oxygen atoms in total. The molecule has 1 aromatic heterocycles. The summed E-state index contributed by atoms with van der Waals surface area (Å²) >= 11 is 0. The van der Waals surface area contributed by atoms with Crippen LogP contribution in [0.25, 0.3) is 0 Å². The van der Waals surface area contributed by atoms with E-state index in [-0.39, 0.29) is 5.91 Å². The summed E-state index contributed by atoms with van der Waals surface area (Å²) in [7, 11) is 0. The summed E-state index contributed by atoms with van der Waals surface area (Å²) in [5, 5.41) is 3.76. The zero-order valence-electron chi connectivity index (χ0n) is 14.3. The molecule has 0 spiro atoms. The number of piperidine rings is 1. The van der Waals surface area contributed by atoms with Gasteiger partial charge in [-0.15, -0.1) is 0 Å². The van der Waals surface area contributed by atoms with Crippen LogP contribution in [0.5, 0.6) is 5.75 Å². The lowest BCUT2D eigenvalue weighted by atomic mass is 9.98. The number of rotatable bonds is 5. The Labute approximate surface area is 142 Å². The van der Waals surface area contributed by atoms with Crippen molar-refractivity contribution in [2.45, 2.75) is 33.1 Å². The van der Waals surface area contributed by atoms with Crippen molar-refractivity contribution in [1.82, 2.24) is 10.1 Å². The average molecular weight is 328 g/mol. The van der Waals surface area contributed by atoms with E-state index in [0.717, 1.165) is 31.7 Å². The Bertz CT molecular complexity index is 695. The maximum atomic E-state index is 12.7. The van der Waals surface area contributed by atoms with Crippen LogP contribution in [0.1, 0.15) is 41.4 Å². The summed E-state index contributed by atoms with van der Waals surface area (Å²) < 4.78 is 11.1. The second kappa shape index (κ2) is 7.51. The Hall–Kier alpha value is -2.30. The number of aromatic nitrogens is 1. The van der Waals surface area contributed by atoms with Crippen LogP contribution in [0.3, 0.4) is 0 Å². The molecule has 1 aromatic carbocycles. The number of nitrogens with zero attached hydrogens (tertiary/aromatic N) is 2. The molecule has 1 aliphatic heterocycles. The average Bonchev–Trinajstić information content (AvgIpc) is 3.08. The molecule has 1 saturated heterocycles. The van der Waals surface area contributed by atoms with Gasteiger partial charge in [0.05, 0.1) is 12.8 Å². The summed E-state index contributed by atoms with van der Waals surface area (Å²) in [6.07, 6.45) is 4.29. The van der Waals surface area contributed by atoms with E-state index >= 15 is 0 Å².